The molecule has 0 aliphatic rings. The molecule has 0 aliphatic carbocycles. The van der Waals surface area contributed by atoms with Gasteiger partial charge in [-0.3, -0.25) is 9.67 Å². The van der Waals surface area contributed by atoms with Gasteiger partial charge in [-0.25, -0.2) is 0 Å². The average Bonchev–Trinajstić information content (AvgIpc) is 2.72. The second kappa shape index (κ2) is 7.74. The molecule has 0 unspecified atom stereocenters. The fourth-order valence-electron chi connectivity index (χ4n) is 1.49. The van der Waals surface area contributed by atoms with Crippen LogP contribution in [0.4, 0.5) is 0 Å². The summed E-state index contributed by atoms with van der Waals surface area (Å²) in [6.07, 6.45) is 3.91. The molecular weight excluding hydrogens is 226 g/mol. The molecule has 0 amide bonds. The number of hydrogen-bond acceptors (Lipinski definition) is 2. The summed E-state index contributed by atoms with van der Waals surface area (Å²) in [4.78, 5) is 4.51. The van der Waals surface area contributed by atoms with Gasteiger partial charge in [0.2, 0.25) is 0 Å². The Hall–Kier alpha value is -1.52. The van der Waals surface area contributed by atoms with Gasteiger partial charge in [-0.1, -0.05) is 13.8 Å². The molecule has 102 valence electrons. The lowest BCUT2D eigenvalue weighted by molar-refractivity contribution is 0.594. The van der Waals surface area contributed by atoms with Crippen molar-refractivity contribution in [2.45, 2.75) is 34.2 Å². The second-order valence-electron chi connectivity index (χ2n) is 4.82. The Balaban J connectivity index is 2.35. The van der Waals surface area contributed by atoms with Gasteiger partial charge in [-0.15, -0.1) is 0 Å². The first-order valence-electron chi connectivity index (χ1n) is 6.63. The number of nitrogens with zero attached hydrogens (tertiary/aromatic N) is 3. The molecule has 0 aromatic carbocycles. The van der Waals surface area contributed by atoms with E-state index < -0.39 is 0 Å². The summed E-state index contributed by atoms with van der Waals surface area (Å²) in [5.41, 5.74) is 1.19. The van der Waals surface area contributed by atoms with E-state index in [1.165, 1.54) is 5.56 Å². The molecule has 5 heteroatoms. The number of nitrogens with one attached hydrogen (secondary N) is 2. The molecule has 0 atom stereocenters. The highest BCUT2D eigenvalue weighted by Crippen LogP contribution is 1.93. The van der Waals surface area contributed by atoms with Crippen LogP contribution in [0.2, 0.25) is 0 Å². The highest BCUT2D eigenvalue weighted by molar-refractivity contribution is 5.79. The molecule has 2 N–H and O–H groups in total. The lowest BCUT2D eigenvalue weighted by atomic mass is 10.2. The molecular formula is C13H25N5. The molecule has 0 saturated heterocycles. The van der Waals surface area contributed by atoms with E-state index in [4.69, 9.17) is 0 Å². The first kappa shape index (κ1) is 14.5. The zero-order chi connectivity index (χ0) is 13.4. The molecule has 1 rings (SSSR count). The van der Waals surface area contributed by atoms with Crippen LogP contribution in [0.3, 0.4) is 0 Å². The van der Waals surface area contributed by atoms with Crippen molar-refractivity contribution in [2.75, 3.05) is 19.6 Å². The Labute approximate surface area is 110 Å². The highest BCUT2D eigenvalue weighted by Gasteiger charge is 1.99. The van der Waals surface area contributed by atoms with Crippen LogP contribution in [0, 0.1) is 12.8 Å². The number of aromatic nitrogens is 2. The zero-order valence-electron chi connectivity index (χ0n) is 11.9. The summed E-state index contributed by atoms with van der Waals surface area (Å²) in [7, 11) is 0. The summed E-state index contributed by atoms with van der Waals surface area (Å²) < 4.78 is 1.94. The van der Waals surface area contributed by atoms with Crippen LogP contribution in [0.15, 0.2) is 17.4 Å². The quantitative estimate of drug-likeness (QED) is 0.593. The topological polar surface area (TPSA) is 54.2 Å². The standard InChI is InChI=1S/C13H25N5/c1-5-14-13(16-8-11(2)3)15-6-7-18-10-12(4)9-17-18/h9-11H,5-8H2,1-4H3,(H2,14,15,16). The van der Waals surface area contributed by atoms with Crippen molar-refractivity contribution in [3.63, 3.8) is 0 Å². The number of aliphatic imine (C=N–C) groups is 1. The number of guanidine groups is 1. The molecule has 0 fully saturated rings. The monoisotopic (exact) mass is 251 g/mol. The van der Waals surface area contributed by atoms with Gasteiger partial charge in [-0.05, 0) is 25.3 Å². The summed E-state index contributed by atoms with van der Waals surface area (Å²) in [6.45, 7) is 11.8. The van der Waals surface area contributed by atoms with Gasteiger partial charge >= 0.3 is 0 Å². The molecule has 0 bridgehead atoms. The minimum Gasteiger partial charge on any atom is -0.357 e. The third kappa shape index (κ3) is 5.70. The van der Waals surface area contributed by atoms with Crippen LogP contribution < -0.4 is 10.6 Å². The Bertz CT molecular complexity index is 367. The van der Waals surface area contributed by atoms with Crippen molar-refractivity contribution in [3.8, 4) is 0 Å². The Morgan fingerprint density at radius 2 is 2.22 bits per heavy atom. The lowest BCUT2D eigenvalue weighted by Gasteiger charge is -2.12. The predicted molar refractivity (Wildman–Crippen MR) is 75.8 cm³/mol. The van der Waals surface area contributed by atoms with Crippen LogP contribution in [0.25, 0.3) is 0 Å². The number of hydrogen-bond donors (Lipinski definition) is 2. The second-order valence-corrected chi connectivity index (χ2v) is 4.82. The summed E-state index contributed by atoms with van der Waals surface area (Å²) in [6, 6.07) is 0. The van der Waals surface area contributed by atoms with Crippen molar-refractivity contribution in [2.24, 2.45) is 10.9 Å². The van der Waals surface area contributed by atoms with Crippen molar-refractivity contribution in [1.29, 1.82) is 0 Å². The number of aryl methyl sites for hydroxylation is 1. The summed E-state index contributed by atoms with van der Waals surface area (Å²) >= 11 is 0. The maximum Gasteiger partial charge on any atom is 0.191 e. The molecule has 5 nitrogen and oxygen atoms in total. The first-order valence-corrected chi connectivity index (χ1v) is 6.63. The Kier molecular flexibility index (Phi) is 6.25. The fraction of sp³-hybridized carbons (Fsp3) is 0.692. The minimum atomic E-state index is 0.578. The van der Waals surface area contributed by atoms with Crippen LogP contribution in [-0.2, 0) is 6.54 Å². The minimum absolute atomic E-state index is 0.578. The van der Waals surface area contributed by atoms with E-state index in [9.17, 15) is 0 Å². The number of rotatable bonds is 6. The zero-order valence-corrected chi connectivity index (χ0v) is 11.9. The molecule has 0 aliphatic heterocycles. The van der Waals surface area contributed by atoms with Crippen LogP contribution in [0.5, 0.6) is 0 Å². The maximum atomic E-state index is 4.51. The van der Waals surface area contributed by atoms with Crippen LogP contribution in [-0.4, -0.2) is 35.4 Å². The average molecular weight is 251 g/mol. The van der Waals surface area contributed by atoms with E-state index in [0.717, 1.165) is 32.1 Å². The molecule has 0 spiro atoms. The van der Waals surface area contributed by atoms with Gasteiger partial charge < -0.3 is 10.6 Å². The van der Waals surface area contributed by atoms with Crippen molar-refractivity contribution < 1.29 is 0 Å². The van der Waals surface area contributed by atoms with Gasteiger partial charge in [-0.2, -0.15) is 5.10 Å². The smallest absolute Gasteiger partial charge is 0.191 e. The highest BCUT2D eigenvalue weighted by atomic mass is 15.3. The van der Waals surface area contributed by atoms with E-state index in [2.05, 4.69) is 41.5 Å². The molecule has 0 saturated carbocycles. The molecule has 1 aromatic rings. The van der Waals surface area contributed by atoms with Crippen molar-refractivity contribution in [1.82, 2.24) is 20.4 Å². The Morgan fingerprint density at radius 1 is 1.44 bits per heavy atom. The first-order chi connectivity index (χ1) is 8.61. The third-order valence-electron chi connectivity index (χ3n) is 2.35. The predicted octanol–water partition coefficient (Wildman–Crippen LogP) is 1.40. The van der Waals surface area contributed by atoms with Gasteiger partial charge in [0.1, 0.15) is 0 Å². The van der Waals surface area contributed by atoms with Crippen molar-refractivity contribution >= 4 is 5.96 Å². The summed E-state index contributed by atoms with van der Waals surface area (Å²) in [5.74, 6) is 1.46. The van der Waals surface area contributed by atoms with Gasteiger partial charge in [0.25, 0.3) is 0 Å². The lowest BCUT2D eigenvalue weighted by Crippen LogP contribution is -2.39. The van der Waals surface area contributed by atoms with Gasteiger partial charge in [0, 0.05) is 25.8 Å². The molecule has 18 heavy (non-hydrogen) atoms. The summed E-state index contributed by atoms with van der Waals surface area (Å²) in [5, 5.41) is 10.8. The van der Waals surface area contributed by atoms with Crippen LogP contribution >= 0.6 is 0 Å². The normalized spacial score (nSPS) is 11.9. The maximum absolute atomic E-state index is 4.51. The van der Waals surface area contributed by atoms with E-state index in [1.807, 2.05) is 24.0 Å². The Morgan fingerprint density at radius 3 is 2.78 bits per heavy atom. The van der Waals surface area contributed by atoms with E-state index in [1.54, 1.807) is 0 Å². The van der Waals surface area contributed by atoms with E-state index in [-0.39, 0.29) is 0 Å². The SMILES string of the molecule is CCNC(=NCC(C)C)NCCn1cc(C)cn1. The molecule has 1 heterocycles. The van der Waals surface area contributed by atoms with Crippen molar-refractivity contribution in [3.05, 3.63) is 18.0 Å². The molecule has 0 radical (unpaired) electrons. The van der Waals surface area contributed by atoms with Crippen LogP contribution in [0.1, 0.15) is 26.3 Å². The fourth-order valence-corrected chi connectivity index (χ4v) is 1.49. The third-order valence-corrected chi connectivity index (χ3v) is 2.35. The van der Waals surface area contributed by atoms with Gasteiger partial charge in [0.05, 0.1) is 12.7 Å². The molecule has 1 aromatic heterocycles. The van der Waals surface area contributed by atoms with Gasteiger partial charge in [0.15, 0.2) is 5.96 Å². The van der Waals surface area contributed by atoms with E-state index in [0.29, 0.717) is 5.92 Å². The van der Waals surface area contributed by atoms with E-state index >= 15 is 0 Å². The largest absolute Gasteiger partial charge is 0.357 e.